The molecule has 0 aromatic heterocycles. The summed E-state index contributed by atoms with van der Waals surface area (Å²) >= 11 is 5.74. The summed E-state index contributed by atoms with van der Waals surface area (Å²) in [6.45, 7) is 3.62. The van der Waals surface area contributed by atoms with Crippen LogP contribution >= 0.6 is 11.6 Å². The van der Waals surface area contributed by atoms with Gasteiger partial charge in [0.1, 0.15) is 0 Å². The average molecular weight is 266 g/mol. The summed E-state index contributed by atoms with van der Waals surface area (Å²) in [7, 11) is 0. The Kier molecular flexibility index (Phi) is 4.65. The van der Waals surface area contributed by atoms with Gasteiger partial charge in [0.25, 0.3) is 0 Å². The van der Waals surface area contributed by atoms with Crippen molar-refractivity contribution in [1.82, 2.24) is 4.90 Å². The molecule has 2 rings (SSSR count). The van der Waals surface area contributed by atoms with E-state index < -0.39 is 0 Å². The van der Waals surface area contributed by atoms with Crippen molar-refractivity contribution in [2.24, 2.45) is 5.92 Å². The molecule has 1 amide bonds. The first-order valence-corrected chi connectivity index (χ1v) is 7.15. The number of benzene rings is 1. The minimum Gasteiger partial charge on any atom is -0.342 e. The van der Waals surface area contributed by atoms with Crippen LogP contribution in [0.3, 0.4) is 0 Å². The molecule has 0 bridgehead atoms. The van der Waals surface area contributed by atoms with Crippen molar-refractivity contribution in [3.63, 3.8) is 0 Å². The molecule has 0 spiro atoms. The molecule has 0 N–H and O–H groups in total. The van der Waals surface area contributed by atoms with E-state index >= 15 is 0 Å². The first kappa shape index (κ1) is 13.4. The van der Waals surface area contributed by atoms with Gasteiger partial charge in [-0.3, -0.25) is 4.79 Å². The zero-order chi connectivity index (χ0) is 13.0. The second kappa shape index (κ2) is 6.24. The molecule has 1 aliphatic rings. The van der Waals surface area contributed by atoms with Crippen molar-refractivity contribution < 1.29 is 4.79 Å². The summed E-state index contributed by atoms with van der Waals surface area (Å²) in [6, 6.07) is 10.6. The van der Waals surface area contributed by atoms with Crippen LogP contribution in [0.4, 0.5) is 0 Å². The Morgan fingerprint density at radius 2 is 1.94 bits per heavy atom. The first-order valence-electron chi connectivity index (χ1n) is 6.62. The van der Waals surface area contributed by atoms with E-state index in [0.717, 1.165) is 25.9 Å². The van der Waals surface area contributed by atoms with Crippen LogP contribution in [-0.4, -0.2) is 29.8 Å². The van der Waals surface area contributed by atoms with Crippen molar-refractivity contribution >= 4 is 17.5 Å². The van der Waals surface area contributed by atoms with Crippen LogP contribution in [0.2, 0.25) is 0 Å². The molecule has 0 radical (unpaired) electrons. The number of alkyl halides is 1. The monoisotopic (exact) mass is 265 g/mol. The van der Waals surface area contributed by atoms with Gasteiger partial charge in [-0.1, -0.05) is 37.3 Å². The normalized spacial score (nSPS) is 18.7. The van der Waals surface area contributed by atoms with Gasteiger partial charge in [0, 0.05) is 24.9 Å². The molecule has 1 unspecified atom stereocenters. The van der Waals surface area contributed by atoms with Crippen molar-refractivity contribution in [2.75, 3.05) is 19.0 Å². The number of amides is 1. The van der Waals surface area contributed by atoms with E-state index in [1.807, 2.05) is 17.9 Å². The maximum atomic E-state index is 12.0. The Morgan fingerprint density at radius 1 is 1.33 bits per heavy atom. The minimum atomic E-state index is -0.0556. The number of hydrogen-bond acceptors (Lipinski definition) is 1. The number of halogens is 1. The molecule has 2 nitrogen and oxygen atoms in total. The SMILES string of the molecule is CC(CCl)C(=O)N1CCC(c2ccccc2)CC1. The van der Waals surface area contributed by atoms with Crippen LogP contribution in [0, 0.1) is 5.92 Å². The van der Waals surface area contributed by atoms with Crippen molar-refractivity contribution in [3.8, 4) is 0 Å². The lowest BCUT2D eigenvalue weighted by molar-refractivity contribution is -0.135. The number of likely N-dealkylation sites (tertiary alicyclic amines) is 1. The summed E-state index contributed by atoms with van der Waals surface area (Å²) in [4.78, 5) is 14.0. The van der Waals surface area contributed by atoms with E-state index in [4.69, 9.17) is 11.6 Å². The van der Waals surface area contributed by atoms with Gasteiger partial charge in [-0.25, -0.2) is 0 Å². The van der Waals surface area contributed by atoms with Crippen LogP contribution in [-0.2, 0) is 4.79 Å². The lowest BCUT2D eigenvalue weighted by Gasteiger charge is -2.33. The zero-order valence-corrected chi connectivity index (χ0v) is 11.6. The van der Waals surface area contributed by atoms with Gasteiger partial charge in [0.05, 0.1) is 0 Å². The average Bonchev–Trinajstić information content (AvgIpc) is 2.47. The van der Waals surface area contributed by atoms with Crippen molar-refractivity contribution in [2.45, 2.75) is 25.7 Å². The topological polar surface area (TPSA) is 20.3 Å². The van der Waals surface area contributed by atoms with Crippen LogP contribution in [0.25, 0.3) is 0 Å². The van der Waals surface area contributed by atoms with E-state index in [2.05, 4.69) is 24.3 Å². The Balaban J connectivity index is 1.90. The number of rotatable bonds is 3. The highest BCUT2D eigenvalue weighted by molar-refractivity contribution is 6.19. The van der Waals surface area contributed by atoms with Crippen LogP contribution in [0.1, 0.15) is 31.2 Å². The molecule has 1 aromatic carbocycles. The second-order valence-corrected chi connectivity index (χ2v) is 5.37. The molecule has 1 fully saturated rings. The molecule has 1 heterocycles. The smallest absolute Gasteiger partial charge is 0.226 e. The molecule has 1 aliphatic heterocycles. The Labute approximate surface area is 114 Å². The highest BCUT2D eigenvalue weighted by atomic mass is 35.5. The Hall–Kier alpha value is -1.02. The predicted octanol–water partition coefficient (Wildman–Crippen LogP) is 3.27. The lowest BCUT2D eigenvalue weighted by Crippen LogP contribution is -2.41. The highest BCUT2D eigenvalue weighted by Gasteiger charge is 2.26. The van der Waals surface area contributed by atoms with Gasteiger partial charge in [-0.2, -0.15) is 0 Å². The summed E-state index contributed by atoms with van der Waals surface area (Å²) in [5, 5.41) is 0. The van der Waals surface area contributed by atoms with Crippen LogP contribution < -0.4 is 0 Å². The third kappa shape index (κ3) is 3.05. The molecular weight excluding hydrogens is 246 g/mol. The molecule has 98 valence electrons. The Bertz CT molecular complexity index is 385. The predicted molar refractivity (Wildman–Crippen MR) is 74.9 cm³/mol. The molecule has 1 saturated heterocycles. The highest BCUT2D eigenvalue weighted by Crippen LogP contribution is 2.28. The van der Waals surface area contributed by atoms with E-state index in [-0.39, 0.29) is 11.8 Å². The van der Waals surface area contributed by atoms with Gasteiger partial charge >= 0.3 is 0 Å². The van der Waals surface area contributed by atoms with Gasteiger partial charge in [-0.05, 0) is 24.3 Å². The number of hydrogen-bond donors (Lipinski definition) is 0. The molecule has 18 heavy (non-hydrogen) atoms. The maximum Gasteiger partial charge on any atom is 0.226 e. The third-order valence-electron chi connectivity index (χ3n) is 3.73. The zero-order valence-electron chi connectivity index (χ0n) is 10.8. The Morgan fingerprint density at radius 3 is 2.50 bits per heavy atom. The molecule has 0 aliphatic carbocycles. The fourth-order valence-electron chi connectivity index (χ4n) is 2.54. The number of carbonyl (C=O) groups excluding carboxylic acids is 1. The largest absolute Gasteiger partial charge is 0.342 e. The van der Waals surface area contributed by atoms with Gasteiger partial charge in [0.15, 0.2) is 0 Å². The van der Waals surface area contributed by atoms with Crippen LogP contribution in [0.5, 0.6) is 0 Å². The summed E-state index contributed by atoms with van der Waals surface area (Å²) in [5.74, 6) is 1.16. The van der Waals surface area contributed by atoms with Gasteiger partial charge < -0.3 is 4.90 Å². The molecule has 1 atom stereocenters. The lowest BCUT2D eigenvalue weighted by atomic mass is 9.89. The minimum absolute atomic E-state index is 0.0556. The summed E-state index contributed by atoms with van der Waals surface area (Å²) in [5.41, 5.74) is 1.40. The molecule has 0 saturated carbocycles. The number of nitrogens with zero attached hydrogens (tertiary/aromatic N) is 1. The van der Waals surface area contributed by atoms with E-state index in [1.165, 1.54) is 5.56 Å². The second-order valence-electron chi connectivity index (χ2n) is 5.07. The molecule has 3 heteroatoms. The standard InChI is InChI=1S/C15H20ClNO/c1-12(11-16)15(18)17-9-7-14(8-10-17)13-5-3-2-4-6-13/h2-6,12,14H,7-11H2,1H3. The summed E-state index contributed by atoms with van der Waals surface area (Å²) in [6.07, 6.45) is 2.12. The fourth-order valence-corrected chi connectivity index (χ4v) is 2.67. The third-order valence-corrected chi connectivity index (χ3v) is 4.19. The summed E-state index contributed by atoms with van der Waals surface area (Å²) < 4.78 is 0. The fraction of sp³-hybridized carbons (Fsp3) is 0.533. The van der Waals surface area contributed by atoms with Gasteiger partial charge in [-0.15, -0.1) is 11.6 Å². The number of carbonyl (C=O) groups is 1. The molecule has 1 aromatic rings. The van der Waals surface area contributed by atoms with Crippen molar-refractivity contribution in [3.05, 3.63) is 35.9 Å². The van der Waals surface area contributed by atoms with Crippen molar-refractivity contribution in [1.29, 1.82) is 0 Å². The van der Waals surface area contributed by atoms with E-state index in [1.54, 1.807) is 0 Å². The van der Waals surface area contributed by atoms with Gasteiger partial charge in [0.2, 0.25) is 5.91 Å². The van der Waals surface area contributed by atoms with Crippen LogP contribution in [0.15, 0.2) is 30.3 Å². The van der Waals surface area contributed by atoms with E-state index in [9.17, 15) is 4.79 Å². The first-order chi connectivity index (χ1) is 8.72. The number of piperidine rings is 1. The molecular formula is C15H20ClNO. The van der Waals surface area contributed by atoms with E-state index in [0.29, 0.717) is 11.8 Å². The maximum absolute atomic E-state index is 12.0. The quantitative estimate of drug-likeness (QED) is 0.768.